The number of nitrogens with zero attached hydrogens (tertiary/aromatic N) is 5. The number of hydrogen-bond acceptors (Lipinski definition) is 6. The smallest absolute Gasteiger partial charge is 0.251 e. The van der Waals surface area contributed by atoms with Gasteiger partial charge in [0.05, 0.1) is 55.3 Å². The van der Waals surface area contributed by atoms with Crippen LogP contribution in [0, 0.1) is 0 Å². The van der Waals surface area contributed by atoms with Gasteiger partial charge in [0.1, 0.15) is 5.82 Å². The number of carbonyl (C=O) groups is 1. The SMILES string of the molecule is O=C(NCc1cnccn1)c1ccc(-c2ncc3cnc(C4=CCOCC4)cn23)cc1. The number of fused-ring (bicyclic) bond motifs is 1. The summed E-state index contributed by atoms with van der Waals surface area (Å²) in [6.07, 6.45) is 13.4. The minimum atomic E-state index is -0.164. The van der Waals surface area contributed by atoms with Crippen LogP contribution >= 0.6 is 0 Å². The van der Waals surface area contributed by atoms with E-state index in [1.807, 2.05) is 28.9 Å². The molecule has 0 fully saturated rings. The second kappa shape index (κ2) is 8.45. The number of amides is 1. The summed E-state index contributed by atoms with van der Waals surface area (Å²) in [5.74, 6) is 0.640. The van der Waals surface area contributed by atoms with Gasteiger partial charge in [0, 0.05) is 29.7 Å². The van der Waals surface area contributed by atoms with Gasteiger partial charge in [-0.3, -0.25) is 24.1 Å². The molecule has 3 aromatic heterocycles. The summed E-state index contributed by atoms with van der Waals surface area (Å²) < 4.78 is 7.43. The molecule has 0 aliphatic carbocycles. The molecule has 4 heterocycles. The summed E-state index contributed by atoms with van der Waals surface area (Å²) in [7, 11) is 0. The average Bonchev–Trinajstić information content (AvgIpc) is 3.27. The number of rotatable bonds is 5. The lowest BCUT2D eigenvalue weighted by atomic mass is 10.1. The van der Waals surface area contributed by atoms with Crippen LogP contribution in [0.4, 0.5) is 0 Å². The molecule has 0 atom stereocenters. The molecule has 5 rings (SSSR count). The molecule has 4 aromatic rings. The van der Waals surface area contributed by atoms with Gasteiger partial charge in [-0.15, -0.1) is 0 Å². The highest BCUT2D eigenvalue weighted by Crippen LogP contribution is 2.24. The Bertz CT molecular complexity index is 1250. The van der Waals surface area contributed by atoms with Gasteiger partial charge >= 0.3 is 0 Å². The van der Waals surface area contributed by atoms with E-state index in [0.717, 1.165) is 29.0 Å². The molecule has 0 unspecified atom stereocenters. The third-order valence-corrected chi connectivity index (χ3v) is 5.16. The fourth-order valence-electron chi connectivity index (χ4n) is 3.50. The highest BCUT2D eigenvalue weighted by molar-refractivity contribution is 5.94. The fraction of sp³-hybridized carbons (Fsp3) is 0.174. The zero-order valence-corrected chi connectivity index (χ0v) is 16.7. The second-order valence-electron chi connectivity index (χ2n) is 7.16. The Hall–Kier alpha value is -3.91. The van der Waals surface area contributed by atoms with Crippen LogP contribution in [0.2, 0.25) is 0 Å². The Morgan fingerprint density at radius 3 is 2.71 bits per heavy atom. The molecular formula is C23H20N6O2. The first kappa shape index (κ1) is 19.1. The third-order valence-electron chi connectivity index (χ3n) is 5.16. The summed E-state index contributed by atoms with van der Waals surface area (Å²) in [5, 5.41) is 2.86. The molecule has 154 valence electrons. The molecule has 0 radical (unpaired) electrons. The van der Waals surface area contributed by atoms with Crippen molar-refractivity contribution in [2.24, 2.45) is 0 Å². The maximum atomic E-state index is 12.4. The van der Waals surface area contributed by atoms with Gasteiger partial charge in [-0.1, -0.05) is 18.2 Å². The maximum Gasteiger partial charge on any atom is 0.251 e. The van der Waals surface area contributed by atoms with Crippen molar-refractivity contribution in [3.8, 4) is 11.4 Å². The molecular weight excluding hydrogens is 392 g/mol. The number of carbonyl (C=O) groups excluding carboxylic acids is 1. The minimum Gasteiger partial charge on any atom is -0.377 e. The van der Waals surface area contributed by atoms with Crippen LogP contribution in [0.3, 0.4) is 0 Å². The van der Waals surface area contributed by atoms with Crippen LogP contribution in [0.15, 0.2) is 67.5 Å². The van der Waals surface area contributed by atoms with E-state index in [0.29, 0.717) is 31.0 Å². The van der Waals surface area contributed by atoms with Crippen LogP contribution in [-0.4, -0.2) is 43.5 Å². The van der Waals surface area contributed by atoms with E-state index in [2.05, 4.69) is 31.3 Å². The van der Waals surface area contributed by atoms with E-state index >= 15 is 0 Å². The van der Waals surface area contributed by atoms with E-state index < -0.39 is 0 Å². The predicted octanol–water partition coefficient (Wildman–Crippen LogP) is 2.92. The molecule has 1 amide bonds. The molecule has 8 nitrogen and oxygen atoms in total. The lowest BCUT2D eigenvalue weighted by Gasteiger charge is -2.13. The van der Waals surface area contributed by atoms with Crippen LogP contribution < -0.4 is 5.32 Å². The number of aromatic nitrogens is 5. The second-order valence-corrected chi connectivity index (χ2v) is 7.16. The van der Waals surface area contributed by atoms with Crippen molar-refractivity contribution >= 4 is 17.0 Å². The molecule has 31 heavy (non-hydrogen) atoms. The largest absolute Gasteiger partial charge is 0.377 e. The van der Waals surface area contributed by atoms with Gasteiger partial charge in [-0.2, -0.15) is 0 Å². The van der Waals surface area contributed by atoms with Crippen LogP contribution in [0.1, 0.15) is 28.2 Å². The number of imidazole rings is 1. The van der Waals surface area contributed by atoms with Crippen molar-refractivity contribution in [2.45, 2.75) is 13.0 Å². The average molecular weight is 412 g/mol. The van der Waals surface area contributed by atoms with Gasteiger partial charge in [-0.25, -0.2) is 4.98 Å². The first-order chi connectivity index (χ1) is 15.3. The highest BCUT2D eigenvalue weighted by Gasteiger charge is 2.13. The molecule has 1 N–H and O–H groups in total. The Balaban J connectivity index is 1.36. The summed E-state index contributed by atoms with van der Waals surface area (Å²) in [6.45, 7) is 1.66. The Kier molecular flexibility index (Phi) is 5.20. The fourth-order valence-corrected chi connectivity index (χ4v) is 3.50. The Morgan fingerprint density at radius 2 is 1.94 bits per heavy atom. The molecule has 1 aliphatic rings. The third kappa shape index (κ3) is 4.06. The molecule has 1 aliphatic heterocycles. The normalized spacial score (nSPS) is 13.7. The first-order valence-corrected chi connectivity index (χ1v) is 10.0. The van der Waals surface area contributed by atoms with Crippen LogP contribution in [0.25, 0.3) is 22.5 Å². The van der Waals surface area contributed by atoms with Crippen molar-refractivity contribution in [1.29, 1.82) is 0 Å². The lowest BCUT2D eigenvalue weighted by molar-refractivity contribution is 0.0950. The monoisotopic (exact) mass is 412 g/mol. The Morgan fingerprint density at radius 1 is 1.06 bits per heavy atom. The molecule has 0 bridgehead atoms. The van der Waals surface area contributed by atoms with Crippen molar-refractivity contribution in [2.75, 3.05) is 13.2 Å². The molecule has 0 spiro atoms. The lowest BCUT2D eigenvalue weighted by Crippen LogP contribution is -2.23. The Labute approximate surface area is 178 Å². The van der Waals surface area contributed by atoms with Crippen LogP contribution in [0.5, 0.6) is 0 Å². The minimum absolute atomic E-state index is 0.164. The number of benzene rings is 1. The summed E-state index contributed by atoms with van der Waals surface area (Å²) in [6, 6.07) is 7.40. The van der Waals surface area contributed by atoms with Gasteiger partial charge in [0.2, 0.25) is 0 Å². The predicted molar refractivity (Wildman–Crippen MR) is 115 cm³/mol. The van der Waals surface area contributed by atoms with Gasteiger partial charge < -0.3 is 10.1 Å². The number of nitrogens with one attached hydrogen (secondary N) is 1. The van der Waals surface area contributed by atoms with E-state index in [1.165, 1.54) is 5.57 Å². The van der Waals surface area contributed by atoms with Gasteiger partial charge in [0.15, 0.2) is 0 Å². The van der Waals surface area contributed by atoms with Gasteiger partial charge in [0.25, 0.3) is 5.91 Å². The first-order valence-electron chi connectivity index (χ1n) is 10.0. The van der Waals surface area contributed by atoms with E-state index in [4.69, 9.17) is 4.74 Å². The summed E-state index contributed by atoms with van der Waals surface area (Å²) >= 11 is 0. The molecule has 0 saturated heterocycles. The zero-order chi connectivity index (χ0) is 21.0. The molecule has 0 saturated carbocycles. The van der Waals surface area contributed by atoms with E-state index in [9.17, 15) is 4.79 Å². The van der Waals surface area contributed by atoms with Gasteiger partial charge in [-0.05, 0) is 24.1 Å². The summed E-state index contributed by atoms with van der Waals surface area (Å²) in [5.41, 5.74) is 5.22. The highest BCUT2D eigenvalue weighted by atomic mass is 16.5. The van der Waals surface area contributed by atoms with Crippen molar-refractivity contribution in [1.82, 2.24) is 29.7 Å². The van der Waals surface area contributed by atoms with Crippen LogP contribution in [-0.2, 0) is 11.3 Å². The van der Waals surface area contributed by atoms with E-state index in [1.54, 1.807) is 36.9 Å². The standard InChI is InChI=1S/C23H20N6O2/c30-23(28-12-19-11-24-7-8-25-19)18-3-1-17(2-4-18)22-27-14-20-13-26-21(15-29(20)22)16-5-9-31-10-6-16/h1-5,7-8,11,13-15H,6,9-10,12H2,(H,28,30). The zero-order valence-electron chi connectivity index (χ0n) is 16.7. The maximum absolute atomic E-state index is 12.4. The molecule has 8 heteroatoms. The van der Waals surface area contributed by atoms with E-state index in [-0.39, 0.29) is 5.91 Å². The summed E-state index contributed by atoms with van der Waals surface area (Å²) in [4.78, 5) is 29.7. The number of ether oxygens (including phenoxy) is 1. The topological polar surface area (TPSA) is 94.3 Å². The number of hydrogen-bond donors (Lipinski definition) is 1. The quantitative estimate of drug-likeness (QED) is 0.542. The molecule has 1 aromatic carbocycles. The van der Waals surface area contributed by atoms with Crippen molar-refractivity contribution in [3.63, 3.8) is 0 Å². The van der Waals surface area contributed by atoms with Crippen molar-refractivity contribution in [3.05, 3.63) is 84.5 Å². The van der Waals surface area contributed by atoms with Crippen molar-refractivity contribution < 1.29 is 9.53 Å².